The van der Waals surface area contributed by atoms with Crippen molar-refractivity contribution in [3.05, 3.63) is 54.4 Å². The minimum Gasteiger partial charge on any atom is -0.373 e. The fourth-order valence-corrected chi connectivity index (χ4v) is 3.22. The van der Waals surface area contributed by atoms with Crippen molar-refractivity contribution in [3.63, 3.8) is 0 Å². The molecule has 0 aliphatic carbocycles. The topological polar surface area (TPSA) is 36.4 Å². The molecule has 1 aromatic carbocycles. The van der Waals surface area contributed by atoms with Crippen molar-refractivity contribution in [3.8, 4) is 0 Å². The fourth-order valence-electron chi connectivity index (χ4n) is 3.22. The number of aromatic nitrogens is 1. The van der Waals surface area contributed by atoms with Gasteiger partial charge in [0, 0.05) is 39.0 Å². The number of rotatable bonds is 3. The van der Waals surface area contributed by atoms with Gasteiger partial charge >= 0.3 is 0 Å². The third-order valence-corrected chi connectivity index (χ3v) is 4.31. The number of carbonyl (C=O) groups is 1. The molecule has 1 aliphatic heterocycles. The van der Waals surface area contributed by atoms with Crippen LogP contribution in [-0.2, 0) is 11.2 Å². The predicted octanol–water partition coefficient (Wildman–Crippen LogP) is 3.13. The highest BCUT2D eigenvalue weighted by atomic mass is 16.2. The maximum absolute atomic E-state index is 12.8. The number of fused-ring (bicyclic) bond motifs is 1. The zero-order valence-corrected chi connectivity index (χ0v) is 13.8. The van der Waals surface area contributed by atoms with Gasteiger partial charge in [-0.1, -0.05) is 25.1 Å². The van der Waals surface area contributed by atoms with Crippen molar-refractivity contribution >= 4 is 17.3 Å². The van der Waals surface area contributed by atoms with Crippen molar-refractivity contribution < 1.29 is 4.79 Å². The van der Waals surface area contributed by atoms with Crippen molar-refractivity contribution in [2.75, 3.05) is 29.9 Å². The first-order valence-corrected chi connectivity index (χ1v) is 8.14. The van der Waals surface area contributed by atoms with Gasteiger partial charge in [-0.15, -0.1) is 0 Å². The number of nitrogens with zero attached hydrogens (tertiary/aromatic N) is 3. The van der Waals surface area contributed by atoms with Crippen molar-refractivity contribution in [2.45, 2.75) is 19.8 Å². The van der Waals surface area contributed by atoms with Crippen LogP contribution in [0.4, 0.5) is 11.4 Å². The smallest absolute Gasteiger partial charge is 0.227 e. The van der Waals surface area contributed by atoms with Gasteiger partial charge in [0.1, 0.15) is 0 Å². The highest BCUT2D eigenvalue weighted by molar-refractivity contribution is 5.97. The normalized spacial score (nSPS) is 17.6. The Labute approximate surface area is 137 Å². The second kappa shape index (κ2) is 6.82. The summed E-state index contributed by atoms with van der Waals surface area (Å²) in [7, 11) is 2.10. The first-order chi connectivity index (χ1) is 11.1. The molecular weight excluding hydrogens is 286 g/mol. The number of para-hydroxylation sites is 2. The summed E-state index contributed by atoms with van der Waals surface area (Å²) in [6, 6.07) is 12.1. The van der Waals surface area contributed by atoms with Gasteiger partial charge in [0.2, 0.25) is 5.91 Å². The third kappa shape index (κ3) is 3.52. The minimum absolute atomic E-state index is 0.184. The molecule has 1 unspecified atom stereocenters. The van der Waals surface area contributed by atoms with E-state index in [2.05, 4.69) is 29.9 Å². The van der Waals surface area contributed by atoms with E-state index in [0.717, 1.165) is 36.4 Å². The maximum Gasteiger partial charge on any atom is 0.227 e. The summed E-state index contributed by atoms with van der Waals surface area (Å²) in [5.74, 6) is 0.623. The Balaban J connectivity index is 1.79. The Bertz CT molecular complexity index is 671. The first kappa shape index (κ1) is 15.5. The lowest BCUT2D eigenvalue weighted by Gasteiger charge is -2.24. The molecule has 3 rings (SSSR count). The average Bonchev–Trinajstić information content (AvgIpc) is 2.70. The van der Waals surface area contributed by atoms with Gasteiger partial charge in [-0.05, 0) is 36.1 Å². The second-order valence-corrected chi connectivity index (χ2v) is 6.34. The molecule has 120 valence electrons. The molecule has 0 fully saturated rings. The zero-order valence-electron chi connectivity index (χ0n) is 13.8. The van der Waals surface area contributed by atoms with Crippen LogP contribution in [0.5, 0.6) is 0 Å². The van der Waals surface area contributed by atoms with Crippen molar-refractivity contribution in [2.24, 2.45) is 5.92 Å². The molecule has 1 amide bonds. The van der Waals surface area contributed by atoms with Crippen LogP contribution in [-0.4, -0.2) is 31.0 Å². The molecule has 2 heterocycles. The van der Waals surface area contributed by atoms with Crippen LogP contribution >= 0.6 is 0 Å². The molecule has 23 heavy (non-hydrogen) atoms. The lowest BCUT2D eigenvalue weighted by molar-refractivity contribution is -0.118. The molecule has 2 aromatic rings. The Morgan fingerprint density at radius 2 is 1.96 bits per heavy atom. The van der Waals surface area contributed by atoms with Gasteiger partial charge in [-0.2, -0.15) is 0 Å². The van der Waals surface area contributed by atoms with Crippen LogP contribution in [0.2, 0.25) is 0 Å². The molecular formula is C19H23N3O. The molecule has 4 heteroatoms. The second-order valence-electron chi connectivity index (χ2n) is 6.34. The number of amides is 1. The Morgan fingerprint density at radius 1 is 1.17 bits per heavy atom. The summed E-state index contributed by atoms with van der Waals surface area (Å²) in [6.07, 6.45) is 4.83. The lowest BCUT2D eigenvalue weighted by Crippen LogP contribution is -2.35. The van der Waals surface area contributed by atoms with Gasteiger partial charge < -0.3 is 9.80 Å². The summed E-state index contributed by atoms with van der Waals surface area (Å²) < 4.78 is 0. The molecule has 0 bridgehead atoms. The van der Waals surface area contributed by atoms with Crippen LogP contribution in [0.3, 0.4) is 0 Å². The third-order valence-electron chi connectivity index (χ3n) is 4.31. The predicted molar refractivity (Wildman–Crippen MR) is 93.8 cm³/mol. The monoisotopic (exact) mass is 309 g/mol. The van der Waals surface area contributed by atoms with E-state index in [-0.39, 0.29) is 5.91 Å². The molecule has 0 saturated carbocycles. The first-order valence-electron chi connectivity index (χ1n) is 8.14. The van der Waals surface area contributed by atoms with Gasteiger partial charge in [0.15, 0.2) is 0 Å². The highest BCUT2D eigenvalue weighted by Crippen LogP contribution is 2.33. The highest BCUT2D eigenvalue weighted by Gasteiger charge is 2.26. The summed E-state index contributed by atoms with van der Waals surface area (Å²) in [5, 5.41) is 0. The van der Waals surface area contributed by atoms with E-state index >= 15 is 0 Å². The number of pyridine rings is 1. The van der Waals surface area contributed by atoms with Crippen molar-refractivity contribution in [1.29, 1.82) is 0 Å². The van der Waals surface area contributed by atoms with Gasteiger partial charge in [-0.25, -0.2) is 0 Å². The van der Waals surface area contributed by atoms with E-state index in [9.17, 15) is 4.79 Å². The van der Waals surface area contributed by atoms with Crippen molar-refractivity contribution in [1.82, 2.24) is 4.98 Å². The molecule has 0 saturated heterocycles. The number of carbonyl (C=O) groups excluding carboxylic acids is 1. The molecule has 0 spiro atoms. The van der Waals surface area contributed by atoms with Crippen LogP contribution in [0.1, 0.15) is 18.9 Å². The van der Waals surface area contributed by atoms with E-state index < -0.39 is 0 Å². The van der Waals surface area contributed by atoms with Gasteiger partial charge in [-0.3, -0.25) is 9.78 Å². The number of anilines is 2. The maximum atomic E-state index is 12.8. The zero-order chi connectivity index (χ0) is 16.2. The van der Waals surface area contributed by atoms with Gasteiger partial charge in [0.05, 0.1) is 11.4 Å². The lowest BCUT2D eigenvalue weighted by atomic mass is 10.1. The average molecular weight is 309 g/mol. The van der Waals surface area contributed by atoms with E-state index in [1.54, 1.807) is 6.20 Å². The van der Waals surface area contributed by atoms with Crippen LogP contribution in [0.15, 0.2) is 48.8 Å². The summed E-state index contributed by atoms with van der Waals surface area (Å²) in [6.45, 7) is 3.93. The molecule has 4 nitrogen and oxygen atoms in total. The summed E-state index contributed by atoms with van der Waals surface area (Å²) in [5.41, 5.74) is 3.26. The Kier molecular flexibility index (Phi) is 4.60. The summed E-state index contributed by atoms with van der Waals surface area (Å²) in [4.78, 5) is 21.1. The standard InChI is InChI=1S/C19H23N3O/c1-15-13-21(2)17-7-3-4-8-18(17)22(14-15)19(23)10-9-16-6-5-11-20-12-16/h3-8,11-12,15H,9-10,13-14H2,1-2H3. The van der Waals surface area contributed by atoms with E-state index in [0.29, 0.717) is 12.3 Å². The quantitative estimate of drug-likeness (QED) is 0.874. The van der Waals surface area contributed by atoms with Crippen LogP contribution < -0.4 is 9.80 Å². The number of hydrogen-bond acceptors (Lipinski definition) is 3. The molecule has 0 N–H and O–H groups in total. The van der Waals surface area contributed by atoms with E-state index in [1.807, 2.05) is 41.4 Å². The number of hydrogen-bond donors (Lipinski definition) is 0. The minimum atomic E-state index is 0.184. The molecule has 1 aromatic heterocycles. The van der Waals surface area contributed by atoms with Crippen LogP contribution in [0.25, 0.3) is 0 Å². The Hall–Kier alpha value is -2.36. The molecule has 1 atom stereocenters. The number of aryl methyl sites for hydroxylation is 1. The van der Waals surface area contributed by atoms with E-state index in [4.69, 9.17) is 0 Å². The molecule has 1 aliphatic rings. The van der Waals surface area contributed by atoms with Crippen LogP contribution in [0, 0.1) is 5.92 Å². The number of benzene rings is 1. The molecule has 0 radical (unpaired) electrons. The summed E-state index contributed by atoms with van der Waals surface area (Å²) >= 11 is 0. The van der Waals surface area contributed by atoms with Gasteiger partial charge in [0.25, 0.3) is 0 Å². The van der Waals surface area contributed by atoms with E-state index in [1.165, 1.54) is 0 Å². The largest absolute Gasteiger partial charge is 0.373 e. The SMILES string of the molecule is CC1CN(C)c2ccccc2N(C(=O)CCc2cccnc2)C1. The fraction of sp³-hybridized carbons (Fsp3) is 0.368. The Morgan fingerprint density at radius 3 is 2.70 bits per heavy atom.